The molecule has 0 saturated carbocycles. The molecule has 0 aliphatic heterocycles. The molecule has 0 radical (unpaired) electrons. The molecule has 3 nitrogen and oxygen atoms in total. The molecule has 0 bridgehead atoms. The van der Waals surface area contributed by atoms with Crippen LogP contribution in [0, 0.1) is 0 Å². The molecule has 3 aromatic rings. The fourth-order valence-electron chi connectivity index (χ4n) is 4.33. The zero-order chi connectivity index (χ0) is 22.5. The molecule has 0 N–H and O–H groups in total. The summed E-state index contributed by atoms with van der Waals surface area (Å²) in [5.74, 6) is 1.75. The monoisotopic (exact) mass is 423 g/mol. The van der Waals surface area contributed by atoms with E-state index in [0.717, 1.165) is 36.7 Å². The minimum atomic E-state index is 0.786. The number of allylic oxidation sites excluding steroid dienone is 1. The van der Waals surface area contributed by atoms with Crippen LogP contribution in [0.2, 0.25) is 0 Å². The summed E-state index contributed by atoms with van der Waals surface area (Å²) in [5.41, 5.74) is 8.72. The number of benzene rings is 3. The first-order chi connectivity index (χ1) is 15.7. The first kappa shape index (κ1) is 21.5. The van der Waals surface area contributed by atoms with Gasteiger partial charge in [0.1, 0.15) is 11.5 Å². The Morgan fingerprint density at radius 1 is 0.781 bits per heavy atom. The third kappa shape index (κ3) is 4.19. The summed E-state index contributed by atoms with van der Waals surface area (Å²) in [6.45, 7) is 9.33. The van der Waals surface area contributed by atoms with E-state index in [1.54, 1.807) is 14.2 Å². The van der Waals surface area contributed by atoms with Crippen molar-refractivity contribution in [1.82, 2.24) is 0 Å². The van der Waals surface area contributed by atoms with Gasteiger partial charge in [0.05, 0.1) is 14.2 Å². The third-order valence-corrected chi connectivity index (χ3v) is 5.91. The minimum Gasteiger partial charge on any atom is -0.497 e. The van der Waals surface area contributed by atoms with E-state index in [2.05, 4.69) is 66.6 Å². The van der Waals surface area contributed by atoms with E-state index in [-0.39, 0.29) is 0 Å². The van der Waals surface area contributed by atoms with Crippen molar-refractivity contribution in [3.63, 3.8) is 0 Å². The van der Waals surface area contributed by atoms with E-state index < -0.39 is 0 Å². The lowest BCUT2D eigenvalue weighted by atomic mass is 9.94. The predicted molar refractivity (Wildman–Crippen MR) is 135 cm³/mol. The molecule has 1 aliphatic carbocycles. The highest BCUT2D eigenvalue weighted by atomic mass is 16.5. The molecule has 0 unspecified atom stereocenters. The summed E-state index contributed by atoms with van der Waals surface area (Å²) in [6, 6.07) is 23.5. The molecule has 162 valence electrons. The lowest BCUT2D eigenvalue weighted by Crippen LogP contribution is -2.22. The van der Waals surface area contributed by atoms with Crippen LogP contribution in [0.5, 0.6) is 11.5 Å². The molecule has 0 aromatic heterocycles. The van der Waals surface area contributed by atoms with Crippen molar-refractivity contribution in [3.8, 4) is 11.5 Å². The highest BCUT2D eigenvalue weighted by Gasteiger charge is 2.24. The lowest BCUT2D eigenvalue weighted by molar-refractivity contribution is 0.414. The highest BCUT2D eigenvalue weighted by Crippen LogP contribution is 2.43. The van der Waals surface area contributed by atoms with Gasteiger partial charge in [0, 0.05) is 18.8 Å². The van der Waals surface area contributed by atoms with Crippen molar-refractivity contribution in [3.05, 3.63) is 114 Å². The first-order valence-corrected chi connectivity index (χ1v) is 10.8. The maximum absolute atomic E-state index is 5.48. The van der Waals surface area contributed by atoms with Crippen molar-refractivity contribution in [1.29, 1.82) is 0 Å². The third-order valence-electron chi connectivity index (χ3n) is 5.91. The molecule has 0 heterocycles. The van der Waals surface area contributed by atoms with E-state index in [9.17, 15) is 0 Å². The van der Waals surface area contributed by atoms with Crippen molar-refractivity contribution >= 4 is 16.8 Å². The minimum absolute atomic E-state index is 0.786. The zero-order valence-electron chi connectivity index (χ0n) is 18.8. The summed E-state index contributed by atoms with van der Waals surface area (Å²) >= 11 is 0. The Labute approximate surface area is 190 Å². The molecule has 0 amide bonds. The van der Waals surface area contributed by atoms with E-state index in [4.69, 9.17) is 9.47 Å². The number of hydrogen-bond donors (Lipinski definition) is 0. The van der Waals surface area contributed by atoms with Crippen molar-refractivity contribution in [2.45, 2.75) is 6.42 Å². The maximum Gasteiger partial charge on any atom is 0.119 e. The van der Waals surface area contributed by atoms with E-state index in [0.29, 0.717) is 0 Å². The molecule has 32 heavy (non-hydrogen) atoms. The molecule has 3 heteroatoms. The Balaban J connectivity index is 1.79. The Hall–Kier alpha value is -3.72. The maximum atomic E-state index is 5.48. The summed E-state index contributed by atoms with van der Waals surface area (Å²) < 4.78 is 10.8. The largest absolute Gasteiger partial charge is 0.497 e. The first-order valence-electron chi connectivity index (χ1n) is 10.8. The smallest absolute Gasteiger partial charge is 0.119 e. The van der Waals surface area contributed by atoms with Gasteiger partial charge in [-0.25, -0.2) is 0 Å². The van der Waals surface area contributed by atoms with Gasteiger partial charge >= 0.3 is 0 Å². The number of anilines is 1. The number of hydrogen-bond acceptors (Lipinski definition) is 3. The van der Waals surface area contributed by atoms with Crippen LogP contribution in [0.3, 0.4) is 0 Å². The van der Waals surface area contributed by atoms with Gasteiger partial charge in [-0.1, -0.05) is 42.5 Å². The summed E-state index contributed by atoms with van der Waals surface area (Å²) in [6.07, 6.45) is 4.71. The molecule has 0 spiro atoms. The standard InChI is InChI=1S/C29H29NO2/c1-5-17-30(18-6-2)24-11-7-22(8-12-24)29-27-16-15-26(32-4)19-23(27)20-28(29)21-9-13-25(31-3)14-10-21/h5-16,19H,1-2,17-18,20H2,3-4H3. The Morgan fingerprint density at radius 2 is 1.38 bits per heavy atom. The van der Waals surface area contributed by atoms with Gasteiger partial charge in [0.15, 0.2) is 0 Å². The Morgan fingerprint density at radius 3 is 1.97 bits per heavy atom. The predicted octanol–water partition coefficient (Wildman–Crippen LogP) is 6.40. The van der Waals surface area contributed by atoms with Crippen LogP contribution in [0.25, 0.3) is 11.1 Å². The number of rotatable bonds is 9. The topological polar surface area (TPSA) is 21.7 Å². The number of ether oxygens (including phenoxy) is 2. The van der Waals surface area contributed by atoms with Crippen LogP contribution in [0.4, 0.5) is 5.69 Å². The SMILES string of the molecule is C=CCN(CC=C)c1ccc(C2=C(c3ccc(OC)cc3)Cc3cc(OC)ccc32)cc1. The van der Waals surface area contributed by atoms with Gasteiger partial charge in [0.25, 0.3) is 0 Å². The molecule has 0 atom stereocenters. The second kappa shape index (κ2) is 9.61. The average Bonchev–Trinajstić information content (AvgIpc) is 3.22. The molecule has 0 fully saturated rings. The Kier molecular flexibility index (Phi) is 6.46. The second-order valence-electron chi connectivity index (χ2n) is 7.81. The normalized spacial score (nSPS) is 12.3. The van der Waals surface area contributed by atoms with Crippen LogP contribution < -0.4 is 14.4 Å². The molecule has 4 rings (SSSR count). The van der Waals surface area contributed by atoms with Gasteiger partial charge < -0.3 is 14.4 Å². The van der Waals surface area contributed by atoms with Crippen LogP contribution in [-0.2, 0) is 6.42 Å². The van der Waals surface area contributed by atoms with Gasteiger partial charge in [-0.15, -0.1) is 13.2 Å². The summed E-state index contributed by atoms with van der Waals surface area (Å²) in [4.78, 5) is 2.25. The quantitative estimate of drug-likeness (QED) is 0.372. The molecular weight excluding hydrogens is 394 g/mol. The zero-order valence-corrected chi connectivity index (χ0v) is 18.8. The van der Waals surface area contributed by atoms with Crippen LogP contribution >= 0.6 is 0 Å². The second-order valence-corrected chi connectivity index (χ2v) is 7.81. The summed E-state index contributed by atoms with van der Waals surface area (Å²) in [7, 11) is 3.41. The van der Waals surface area contributed by atoms with Gasteiger partial charge in [-0.2, -0.15) is 0 Å². The van der Waals surface area contributed by atoms with E-state index >= 15 is 0 Å². The highest BCUT2D eigenvalue weighted by molar-refractivity contribution is 6.04. The molecule has 1 aliphatic rings. The van der Waals surface area contributed by atoms with E-state index in [1.165, 1.54) is 33.4 Å². The average molecular weight is 424 g/mol. The number of nitrogens with zero attached hydrogens (tertiary/aromatic N) is 1. The van der Waals surface area contributed by atoms with E-state index in [1.807, 2.05) is 30.4 Å². The lowest BCUT2D eigenvalue weighted by Gasteiger charge is -2.22. The van der Waals surface area contributed by atoms with Crippen molar-refractivity contribution < 1.29 is 9.47 Å². The van der Waals surface area contributed by atoms with Crippen molar-refractivity contribution in [2.75, 3.05) is 32.2 Å². The fraction of sp³-hybridized carbons (Fsp3) is 0.172. The molecular formula is C29H29NO2. The van der Waals surface area contributed by atoms with Gasteiger partial charge in [0.2, 0.25) is 0 Å². The number of methoxy groups -OCH3 is 2. The van der Waals surface area contributed by atoms with Crippen LogP contribution in [0.1, 0.15) is 22.3 Å². The van der Waals surface area contributed by atoms with Gasteiger partial charge in [-0.3, -0.25) is 0 Å². The Bertz CT molecular complexity index is 1130. The summed E-state index contributed by atoms with van der Waals surface area (Å²) in [5, 5.41) is 0. The molecule has 0 saturated heterocycles. The van der Waals surface area contributed by atoms with Crippen LogP contribution in [0.15, 0.2) is 92.0 Å². The van der Waals surface area contributed by atoms with Crippen molar-refractivity contribution in [2.24, 2.45) is 0 Å². The van der Waals surface area contributed by atoms with Crippen LogP contribution in [-0.4, -0.2) is 27.3 Å². The number of fused-ring (bicyclic) bond motifs is 1. The fourth-order valence-corrected chi connectivity index (χ4v) is 4.33. The van der Waals surface area contributed by atoms with Gasteiger partial charge in [-0.05, 0) is 76.2 Å². The molecule has 3 aromatic carbocycles.